The van der Waals surface area contributed by atoms with E-state index in [4.69, 9.17) is 14.0 Å². The lowest BCUT2D eigenvalue weighted by Gasteiger charge is -2.16. The molecule has 24 heavy (non-hydrogen) atoms. The van der Waals surface area contributed by atoms with E-state index in [1.165, 1.54) is 0 Å². The van der Waals surface area contributed by atoms with Gasteiger partial charge in [0.25, 0.3) is 5.91 Å². The topological polar surface area (TPSA) is 73.6 Å². The zero-order valence-electron chi connectivity index (χ0n) is 14.8. The summed E-state index contributed by atoms with van der Waals surface area (Å²) in [5, 5.41) is 6.86. The molecule has 0 bridgehead atoms. The number of methoxy groups -OCH3 is 1. The molecule has 0 saturated heterocycles. The van der Waals surface area contributed by atoms with Crippen molar-refractivity contribution >= 4 is 5.91 Å². The van der Waals surface area contributed by atoms with Gasteiger partial charge >= 0.3 is 0 Å². The second-order valence-electron chi connectivity index (χ2n) is 6.49. The molecule has 0 aliphatic carbocycles. The standard InChI is InChI=1S/C18H24N2O4/c1-12-15(16(20-24-12)18(2,3)4)17(21)19-10-11-23-14-8-6-13(22-5)7-9-14/h6-9H,10-11H2,1-5H3,(H,19,21). The number of rotatable bonds is 6. The van der Waals surface area contributed by atoms with Crippen LogP contribution in [-0.4, -0.2) is 31.3 Å². The van der Waals surface area contributed by atoms with Gasteiger partial charge in [0, 0.05) is 5.41 Å². The summed E-state index contributed by atoms with van der Waals surface area (Å²) in [4.78, 5) is 12.4. The van der Waals surface area contributed by atoms with Crippen molar-refractivity contribution in [2.75, 3.05) is 20.3 Å². The molecule has 0 atom stereocenters. The number of amides is 1. The van der Waals surface area contributed by atoms with Crippen molar-refractivity contribution in [3.05, 3.63) is 41.3 Å². The van der Waals surface area contributed by atoms with Crippen LogP contribution >= 0.6 is 0 Å². The summed E-state index contributed by atoms with van der Waals surface area (Å²) in [6, 6.07) is 7.29. The van der Waals surface area contributed by atoms with Crippen molar-refractivity contribution in [2.24, 2.45) is 0 Å². The second-order valence-corrected chi connectivity index (χ2v) is 6.49. The van der Waals surface area contributed by atoms with E-state index in [1.54, 1.807) is 14.0 Å². The summed E-state index contributed by atoms with van der Waals surface area (Å²) in [5.74, 6) is 1.82. The Bertz CT molecular complexity index is 684. The lowest BCUT2D eigenvalue weighted by atomic mass is 9.88. The third-order valence-electron chi connectivity index (χ3n) is 3.52. The molecule has 0 spiro atoms. The summed E-state index contributed by atoms with van der Waals surface area (Å²) in [7, 11) is 1.62. The summed E-state index contributed by atoms with van der Waals surface area (Å²) in [6.07, 6.45) is 0. The van der Waals surface area contributed by atoms with Crippen LogP contribution in [0.25, 0.3) is 0 Å². The first-order valence-electron chi connectivity index (χ1n) is 7.84. The number of nitrogens with one attached hydrogen (secondary N) is 1. The minimum Gasteiger partial charge on any atom is -0.497 e. The Morgan fingerprint density at radius 1 is 1.21 bits per heavy atom. The average molecular weight is 332 g/mol. The molecule has 1 heterocycles. The van der Waals surface area contributed by atoms with E-state index >= 15 is 0 Å². The molecule has 6 heteroatoms. The number of benzene rings is 1. The zero-order valence-corrected chi connectivity index (χ0v) is 14.8. The van der Waals surface area contributed by atoms with Crippen molar-refractivity contribution in [3.8, 4) is 11.5 Å². The SMILES string of the molecule is COc1ccc(OCCNC(=O)c2c(C(C)(C)C)noc2C)cc1. The predicted molar refractivity (Wildman–Crippen MR) is 90.8 cm³/mol. The van der Waals surface area contributed by atoms with Crippen LogP contribution < -0.4 is 14.8 Å². The van der Waals surface area contributed by atoms with E-state index in [2.05, 4.69) is 10.5 Å². The fraction of sp³-hybridized carbons (Fsp3) is 0.444. The molecule has 6 nitrogen and oxygen atoms in total. The lowest BCUT2D eigenvalue weighted by molar-refractivity contribution is 0.0943. The molecule has 130 valence electrons. The number of nitrogens with zero attached hydrogens (tertiary/aromatic N) is 1. The predicted octanol–water partition coefficient (Wildman–Crippen LogP) is 3.10. The van der Waals surface area contributed by atoms with Gasteiger partial charge in [-0.1, -0.05) is 25.9 Å². The van der Waals surface area contributed by atoms with E-state index in [1.807, 2.05) is 45.0 Å². The molecular formula is C18H24N2O4. The Morgan fingerprint density at radius 3 is 2.42 bits per heavy atom. The van der Waals surface area contributed by atoms with Gasteiger partial charge in [0.05, 0.1) is 13.7 Å². The molecule has 0 unspecified atom stereocenters. The van der Waals surface area contributed by atoms with Crippen LogP contribution in [0, 0.1) is 6.92 Å². The van der Waals surface area contributed by atoms with Crippen LogP contribution in [0.4, 0.5) is 0 Å². The van der Waals surface area contributed by atoms with Gasteiger partial charge in [-0.25, -0.2) is 0 Å². The first-order chi connectivity index (χ1) is 11.3. The van der Waals surface area contributed by atoms with Gasteiger partial charge in [-0.2, -0.15) is 0 Å². The average Bonchev–Trinajstić information content (AvgIpc) is 2.94. The Morgan fingerprint density at radius 2 is 1.83 bits per heavy atom. The fourth-order valence-corrected chi connectivity index (χ4v) is 2.25. The number of ether oxygens (including phenoxy) is 2. The highest BCUT2D eigenvalue weighted by molar-refractivity contribution is 5.96. The van der Waals surface area contributed by atoms with Crippen molar-refractivity contribution in [2.45, 2.75) is 33.1 Å². The molecule has 0 saturated carbocycles. The molecule has 0 fully saturated rings. The van der Waals surface area contributed by atoms with Gasteiger partial charge in [0.1, 0.15) is 35.1 Å². The molecule has 0 radical (unpaired) electrons. The molecule has 1 N–H and O–H groups in total. The van der Waals surface area contributed by atoms with Gasteiger partial charge < -0.3 is 19.3 Å². The Kier molecular flexibility index (Phi) is 5.49. The molecule has 0 aliphatic heterocycles. The number of carbonyl (C=O) groups excluding carboxylic acids is 1. The quantitative estimate of drug-likeness (QED) is 0.823. The number of hydrogen-bond donors (Lipinski definition) is 1. The monoisotopic (exact) mass is 332 g/mol. The van der Waals surface area contributed by atoms with Crippen LogP contribution in [0.2, 0.25) is 0 Å². The first-order valence-corrected chi connectivity index (χ1v) is 7.84. The molecule has 1 aromatic carbocycles. The van der Waals surface area contributed by atoms with Crippen LogP contribution in [0.5, 0.6) is 11.5 Å². The van der Waals surface area contributed by atoms with Crippen LogP contribution in [-0.2, 0) is 5.41 Å². The normalized spacial score (nSPS) is 11.2. The summed E-state index contributed by atoms with van der Waals surface area (Å²) in [6.45, 7) is 8.48. The maximum absolute atomic E-state index is 12.4. The van der Waals surface area contributed by atoms with E-state index in [-0.39, 0.29) is 11.3 Å². The Hall–Kier alpha value is -2.50. The van der Waals surface area contributed by atoms with Crippen molar-refractivity contribution in [1.82, 2.24) is 10.5 Å². The fourth-order valence-electron chi connectivity index (χ4n) is 2.25. The van der Waals surface area contributed by atoms with Crippen molar-refractivity contribution < 1.29 is 18.8 Å². The van der Waals surface area contributed by atoms with Crippen LogP contribution in [0.1, 0.15) is 42.6 Å². The highest BCUT2D eigenvalue weighted by atomic mass is 16.5. The molecule has 0 aliphatic rings. The van der Waals surface area contributed by atoms with Gasteiger partial charge in [0.2, 0.25) is 0 Å². The third kappa shape index (κ3) is 4.28. The molecule has 1 aromatic heterocycles. The van der Waals surface area contributed by atoms with E-state index in [0.717, 1.165) is 11.5 Å². The van der Waals surface area contributed by atoms with Gasteiger partial charge in [-0.3, -0.25) is 4.79 Å². The maximum Gasteiger partial charge on any atom is 0.256 e. The summed E-state index contributed by atoms with van der Waals surface area (Å²) < 4.78 is 15.9. The van der Waals surface area contributed by atoms with Gasteiger partial charge in [-0.15, -0.1) is 0 Å². The number of carbonyl (C=O) groups is 1. The zero-order chi connectivity index (χ0) is 17.7. The molecule has 2 rings (SSSR count). The smallest absolute Gasteiger partial charge is 0.256 e. The van der Waals surface area contributed by atoms with E-state index in [0.29, 0.717) is 30.2 Å². The second kappa shape index (κ2) is 7.38. The van der Waals surface area contributed by atoms with E-state index in [9.17, 15) is 4.79 Å². The first kappa shape index (κ1) is 17.8. The maximum atomic E-state index is 12.4. The molecular weight excluding hydrogens is 308 g/mol. The lowest BCUT2D eigenvalue weighted by Crippen LogP contribution is -2.30. The molecule has 2 aromatic rings. The Labute approximate surface area is 142 Å². The number of aryl methyl sites for hydroxylation is 1. The number of aromatic nitrogens is 1. The highest BCUT2D eigenvalue weighted by Gasteiger charge is 2.28. The third-order valence-corrected chi connectivity index (χ3v) is 3.52. The minimum atomic E-state index is -0.260. The van der Waals surface area contributed by atoms with Gasteiger partial charge in [0.15, 0.2) is 0 Å². The highest BCUT2D eigenvalue weighted by Crippen LogP contribution is 2.26. The summed E-state index contributed by atoms with van der Waals surface area (Å²) in [5.41, 5.74) is 0.907. The van der Waals surface area contributed by atoms with E-state index < -0.39 is 0 Å². The summed E-state index contributed by atoms with van der Waals surface area (Å²) >= 11 is 0. The Balaban J connectivity index is 1.88. The van der Waals surface area contributed by atoms with Crippen LogP contribution in [0.3, 0.4) is 0 Å². The van der Waals surface area contributed by atoms with Crippen molar-refractivity contribution in [3.63, 3.8) is 0 Å². The van der Waals surface area contributed by atoms with Crippen molar-refractivity contribution in [1.29, 1.82) is 0 Å². The molecule has 1 amide bonds. The van der Waals surface area contributed by atoms with Crippen LogP contribution in [0.15, 0.2) is 28.8 Å². The number of hydrogen-bond acceptors (Lipinski definition) is 5. The largest absolute Gasteiger partial charge is 0.497 e. The minimum absolute atomic E-state index is 0.197. The van der Waals surface area contributed by atoms with Gasteiger partial charge in [-0.05, 0) is 31.2 Å².